The van der Waals surface area contributed by atoms with E-state index in [2.05, 4.69) is 15.0 Å². The van der Waals surface area contributed by atoms with Crippen LogP contribution >= 0.6 is 23.2 Å². The van der Waals surface area contributed by atoms with E-state index in [0.717, 1.165) is 12.1 Å². The predicted octanol–water partition coefficient (Wildman–Crippen LogP) is 2.84. The van der Waals surface area contributed by atoms with Crippen LogP contribution in [0.2, 0.25) is 10.3 Å². The van der Waals surface area contributed by atoms with Gasteiger partial charge >= 0.3 is 6.18 Å². The Bertz CT molecular complexity index is 500. The van der Waals surface area contributed by atoms with Crippen LogP contribution in [0.3, 0.4) is 0 Å². The van der Waals surface area contributed by atoms with E-state index >= 15 is 0 Å². The highest BCUT2D eigenvalue weighted by atomic mass is 35.5. The van der Waals surface area contributed by atoms with E-state index < -0.39 is 18.2 Å². The fourth-order valence-electron chi connectivity index (χ4n) is 1.62. The number of oxime groups is 1. The van der Waals surface area contributed by atoms with Crippen molar-refractivity contribution in [1.29, 1.82) is 0 Å². The molecule has 1 aromatic heterocycles. The Balaban J connectivity index is 2.55. The normalized spacial score (nSPS) is 23.7. The molecule has 0 bridgehead atoms. The summed E-state index contributed by atoms with van der Waals surface area (Å²) in [7, 11) is 0. The summed E-state index contributed by atoms with van der Waals surface area (Å²) in [6.45, 7) is 0. The molecule has 1 unspecified atom stereocenters. The van der Waals surface area contributed by atoms with Crippen molar-refractivity contribution < 1.29 is 18.0 Å². The quantitative estimate of drug-likeness (QED) is 0.811. The van der Waals surface area contributed by atoms with Crippen molar-refractivity contribution in [2.75, 3.05) is 0 Å². The van der Waals surface area contributed by atoms with Crippen molar-refractivity contribution in [2.45, 2.75) is 18.2 Å². The largest absolute Gasteiger partial charge is 0.435 e. The lowest BCUT2D eigenvalue weighted by Gasteiger charge is -2.29. The molecule has 2 N–H and O–H groups in total. The van der Waals surface area contributed by atoms with Crippen LogP contribution < -0.4 is 5.73 Å². The summed E-state index contributed by atoms with van der Waals surface area (Å²) in [6, 6.07) is 2.05. The Morgan fingerprint density at radius 2 is 1.83 bits per heavy atom. The Morgan fingerprint density at radius 3 is 2.22 bits per heavy atom. The lowest BCUT2D eigenvalue weighted by molar-refractivity contribution is -0.275. The number of pyridine rings is 1. The molecule has 0 fully saturated rings. The first kappa shape index (κ1) is 13.2. The van der Waals surface area contributed by atoms with E-state index in [1.165, 1.54) is 0 Å². The van der Waals surface area contributed by atoms with Crippen molar-refractivity contribution in [3.05, 3.63) is 28.0 Å². The molecule has 2 rings (SSSR count). The van der Waals surface area contributed by atoms with Gasteiger partial charge < -0.3 is 10.6 Å². The molecule has 1 aliphatic rings. The maximum atomic E-state index is 13.2. The van der Waals surface area contributed by atoms with Crippen molar-refractivity contribution in [3.63, 3.8) is 0 Å². The van der Waals surface area contributed by atoms with Gasteiger partial charge in [0.1, 0.15) is 16.1 Å². The Kier molecular flexibility index (Phi) is 3.06. The zero-order valence-electron chi connectivity index (χ0n) is 8.63. The molecule has 9 heteroatoms. The summed E-state index contributed by atoms with van der Waals surface area (Å²) in [4.78, 5) is 8.08. The van der Waals surface area contributed by atoms with Crippen LogP contribution in [-0.4, -0.2) is 17.0 Å². The lowest BCUT2D eigenvalue weighted by Crippen LogP contribution is -2.43. The van der Waals surface area contributed by atoms with Crippen LogP contribution in [0.4, 0.5) is 13.2 Å². The third kappa shape index (κ3) is 2.08. The van der Waals surface area contributed by atoms with Crippen molar-refractivity contribution in [1.82, 2.24) is 4.98 Å². The maximum absolute atomic E-state index is 13.2. The minimum Gasteiger partial charge on any atom is -0.384 e. The van der Waals surface area contributed by atoms with Gasteiger partial charge in [0, 0.05) is 5.56 Å². The van der Waals surface area contributed by atoms with E-state index in [9.17, 15) is 13.2 Å². The van der Waals surface area contributed by atoms with Crippen LogP contribution in [0, 0.1) is 0 Å². The topological polar surface area (TPSA) is 60.5 Å². The molecule has 0 aliphatic carbocycles. The van der Waals surface area contributed by atoms with Gasteiger partial charge in [0.2, 0.25) is 0 Å². The third-order valence-electron chi connectivity index (χ3n) is 2.44. The average Bonchev–Trinajstić information content (AvgIpc) is 2.59. The molecular formula is C9H6Cl2F3N3O. The number of nitrogens with zero attached hydrogens (tertiary/aromatic N) is 2. The predicted molar refractivity (Wildman–Crippen MR) is 59.3 cm³/mol. The fraction of sp³-hybridized carbons (Fsp3) is 0.333. The molecule has 2 heterocycles. The first-order chi connectivity index (χ1) is 8.24. The molecule has 1 atom stereocenters. The zero-order valence-corrected chi connectivity index (χ0v) is 10.1. The van der Waals surface area contributed by atoms with E-state index in [0.29, 0.717) is 0 Å². The second-order valence-electron chi connectivity index (χ2n) is 3.68. The SMILES string of the molecule is NC1=NOC(c2cc(Cl)nc(Cl)c2)(C(F)(F)F)C1. The summed E-state index contributed by atoms with van der Waals surface area (Å²) >= 11 is 11.2. The second kappa shape index (κ2) is 4.17. The smallest absolute Gasteiger partial charge is 0.384 e. The highest BCUT2D eigenvalue weighted by Crippen LogP contribution is 2.48. The van der Waals surface area contributed by atoms with Gasteiger partial charge in [-0.2, -0.15) is 13.2 Å². The lowest BCUT2D eigenvalue weighted by atomic mass is 9.90. The second-order valence-corrected chi connectivity index (χ2v) is 4.45. The van der Waals surface area contributed by atoms with E-state index in [1.807, 2.05) is 0 Å². The van der Waals surface area contributed by atoms with Crippen LogP contribution in [0.15, 0.2) is 17.3 Å². The van der Waals surface area contributed by atoms with Crippen molar-refractivity contribution in [3.8, 4) is 0 Å². The third-order valence-corrected chi connectivity index (χ3v) is 2.82. The fourth-order valence-corrected chi connectivity index (χ4v) is 2.09. The molecule has 0 saturated carbocycles. The Morgan fingerprint density at radius 1 is 1.28 bits per heavy atom. The molecule has 18 heavy (non-hydrogen) atoms. The molecule has 0 spiro atoms. The summed E-state index contributed by atoms with van der Waals surface area (Å²) in [5.41, 5.74) is 2.32. The molecule has 0 aromatic carbocycles. The van der Waals surface area contributed by atoms with Crippen molar-refractivity contribution >= 4 is 29.0 Å². The Labute approximate surface area is 110 Å². The van der Waals surface area contributed by atoms with Gasteiger partial charge in [0.05, 0.1) is 6.42 Å². The van der Waals surface area contributed by atoms with Crippen LogP contribution in [0.1, 0.15) is 12.0 Å². The van der Waals surface area contributed by atoms with Gasteiger partial charge in [-0.1, -0.05) is 28.4 Å². The van der Waals surface area contributed by atoms with Crippen molar-refractivity contribution in [2.24, 2.45) is 10.9 Å². The maximum Gasteiger partial charge on any atom is 0.435 e. The molecule has 4 nitrogen and oxygen atoms in total. The number of hydrogen-bond acceptors (Lipinski definition) is 4. The molecule has 1 aliphatic heterocycles. The first-order valence-electron chi connectivity index (χ1n) is 4.65. The standard InChI is InChI=1S/C9H6Cl2F3N3O/c10-5-1-4(2-6(11)16-5)8(9(12,13)14)3-7(15)17-18-8/h1-2H,3H2,(H2,15,17). The van der Waals surface area contributed by atoms with Gasteiger partial charge in [-0.25, -0.2) is 4.98 Å². The van der Waals surface area contributed by atoms with Gasteiger partial charge in [0.25, 0.3) is 5.60 Å². The Hall–Kier alpha value is -1.21. The van der Waals surface area contributed by atoms with E-state index in [-0.39, 0.29) is 21.7 Å². The first-order valence-corrected chi connectivity index (χ1v) is 5.41. The van der Waals surface area contributed by atoms with Crippen LogP contribution in [-0.2, 0) is 10.4 Å². The molecule has 0 radical (unpaired) electrons. The van der Waals surface area contributed by atoms with Crippen LogP contribution in [0.5, 0.6) is 0 Å². The van der Waals surface area contributed by atoms with Crippen LogP contribution in [0.25, 0.3) is 0 Å². The number of nitrogens with two attached hydrogens (primary N) is 1. The minimum atomic E-state index is -4.72. The monoisotopic (exact) mass is 299 g/mol. The van der Waals surface area contributed by atoms with Gasteiger partial charge in [-0.05, 0) is 12.1 Å². The van der Waals surface area contributed by atoms with Gasteiger partial charge in [-0.3, -0.25) is 0 Å². The average molecular weight is 300 g/mol. The van der Waals surface area contributed by atoms with E-state index in [4.69, 9.17) is 28.9 Å². The number of aromatic nitrogens is 1. The summed E-state index contributed by atoms with van der Waals surface area (Å²) in [6.07, 6.45) is -5.33. The molecule has 0 saturated heterocycles. The number of hydrogen-bond donors (Lipinski definition) is 1. The minimum absolute atomic E-state index is 0.171. The molecule has 0 amide bonds. The summed E-state index contributed by atoms with van der Waals surface area (Å²) in [5, 5.41) is 2.82. The molecule has 98 valence electrons. The number of alkyl halides is 3. The molecule has 1 aromatic rings. The highest BCUT2D eigenvalue weighted by Gasteiger charge is 2.62. The number of halogens is 5. The zero-order chi connectivity index (χ0) is 13.6. The number of rotatable bonds is 1. The van der Waals surface area contributed by atoms with Gasteiger partial charge in [0.15, 0.2) is 0 Å². The highest BCUT2D eigenvalue weighted by molar-refractivity contribution is 6.32. The van der Waals surface area contributed by atoms with Gasteiger partial charge in [-0.15, -0.1) is 0 Å². The summed E-state index contributed by atoms with van der Waals surface area (Å²) < 4.78 is 39.5. The molecular weight excluding hydrogens is 294 g/mol. The summed E-state index contributed by atoms with van der Waals surface area (Å²) in [5.74, 6) is -0.253. The number of amidine groups is 1. The van der Waals surface area contributed by atoms with E-state index in [1.54, 1.807) is 0 Å².